The lowest BCUT2D eigenvalue weighted by Gasteiger charge is -2.07. The van der Waals surface area contributed by atoms with Crippen LogP contribution in [0.5, 0.6) is 0 Å². The number of benzene rings is 2. The lowest BCUT2D eigenvalue weighted by atomic mass is 10.1. The number of nitrogens with zero attached hydrogens (tertiary/aromatic N) is 4. The van der Waals surface area contributed by atoms with Gasteiger partial charge in [-0.2, -0.15) is 0 Å². The Hall–Kier alpha value is -3.45. The van der Waals surface area contributed by atoms with Crippen molar-refractivity contribution < 1.29 is 4.79 Å². The average Bonchev–Trinajstić information content (AvgIpc) is 3.38. The molecule has 0 unspecified atom stereocenters. The van der Waals surface area contributed by atoms with Gasteiger partial charge >= 0.3 is 0 Å². The van der Waals surface area contributed by atoms with E-state index in [2.05, 4.69) is 39.6 Å². The molecule has 0 fully saturated rings. The van der Waals surface area contributed by atoms with Gasteiger partial charge in [0.15, 0.2) is 0 Å². The van der Waals surface area contributed by atoms with E-state index in [1.54, 1.807) is 12.5 Å². The quantitative estimate of drug-likeness (QED) is 0.351. The largest absolute Gasteiger partial charge is 0.325 e. The zero-order valence-corrected chi connectivity index (χ0v) is 18.8. The maximum absolute atomic E-state index is 12.3. The number of carbonyl (C=O) groups is 1. The molecule has 2 heterocycles. The van der Waals surface area contributed by atoms with E-state index in [4.69, 9.17) is 0 Å². The van der Waals surface area contributed by atoms with E-state index >= 15 is 0 Å². The normalized spacial score (nSPS) is 10.8. The van der Waals surface area contributed by atoms with Gasteiger partial charge in [0, 0.05) is 29.3 Å². The molecule has 0 spiro atoms. The zero-order valence-electron chi connectivity index (χ0n) is 17.9. The van der Waals surface area contributed by atoms with Crippen LogP contribution in [0.2, 0.25) is 0 Å². The monoisotopic (exact) mass is 443 g/mol. The molecule has 0 aliphatic heterocycles. The summed E-state index contributed by atoms with van der Waals surface area (Å²) < 4.78 is 1.95. The number of unbranched alkanes of at least 4 members (excludes halogenated alkanes) is 1. The molecule has 0 aliphatic rings. The molecule has 0 aliphatic carbocycles. The molecule has 0 saturated carbocycles. The number of thioether (sulfide) groups is 1. The van der Waals surface area contributed by atoms with Gasteiger partial charge in [-0.3, -0.25) is 4.79 Å². The van der Waals surface area contributed by atoms with Gasteiger partial charge in [-0.15, -0.1) is 10.2 Å². The fraction of sp³-hybridized carbons (Fsp3) is 0.200. The highest BCUT2D eigenvalue weighted by molar-refractivity contribution is 7.99. The third kappa shape index (κ3) is 5.82. The van der Waals surface area contributed by atoms with Crippen molar-refractivity contribution in [3.63, 3.8) is 0 Å². The lowest BCUT2D eigenvalue weighted by molar-refractivity contribution is -0.113. The molecule has 6 nitrogen and oxygen atoms in total. The number of hydrogen-bond acceptors (Lipinski definition) is 5. The molecule has 1 N–H and O–H groups in total. The summed E-state index contributed by atoms with van der Waals surface area (Å²) in [6.07, 6.45) is 8.85. The number of hydrogen-bond donors (Lipinski definition) is 1. The third-order valence-electron chi connectivity index (χ3n) is 5.01. The van der Waals surface area contributed by atoms with Crippen LogP contribution in [0.25, 0.3) is 16.9 Å². The van der Waals surface area contributed by atoms with Crippen LogP contribution in [0.1, 0.15) is 25.3 Å². The van der Waals surface area contributed by atoms with Gasteiger partial charge in [0.2, 0.25) is 5.91 Å². The second kappa shape index (κ2) is 10.7. The van der Waals surface area contributed by atoms with Crippen molar-refractivity contribution in [1.29, 1.82) is 0 Å². The first-order valence-corrected chi connectivity index (χ1v) is 11.6. The number of anilines is 1. The highest BCUT2D eigenvalue weighted by atomic mass is 32.2. The van der Waals surface area contributed by atoms with Crippen molar-refractivity contribution in [3.8, 4) is 16.9 Å². The predicted molar refractivity (Wildman–Crippen MR) is 129 cm³/mol. The molecule has 32 heavy (non-hydrogen) atoms. The predicted octanol–water partition coefficient (Wildman–Crippen LogP) is 5.40. The number of rotatable bonds is 9. The smallest absolute Gasteiger partial charge is 0.234 e. The molecule has 1 amide bonds. The first-order chi connectivity index (χ1) is 15.7. The molecule has 7 heteroatoms. The summed E-state index contributed by atoms with van der Waals surface area (Å²) in [6.45, 7) is 2.19. The number of aryl methyl sites for hydroxylation is 1. The Balaban J connectivity index is 1.28. The van der Waals surface area contributed by atoms with Crippen molar-refractivity contribution in [2.75, 3.05) is 11.1 Å². The Morgan fingerprint density at radius 3 is 2.47 bits per heavy atom. The summed E-state index contributed by atoms with van der Waals surface area (Å²) >= 11 is 1.37. The van der Waals surface area contributed by atoms with Crippen LogP contribution >= 0.6 is 11.8 Å². The van der Waals surface area contributed by atoms with Gasteiger partial charge in [-0.1, -0.05) is 49.4 Å². The van der Waals surface area contributed by atoms with Crippen molar-refractivity contribution in [3.05, 3.63) is 84.9 Å². The Kier molecular flexibility index (Phi) is 7.30. The number of carbonyl (C=O) groups excluding carboxylic acids is 1. The van der Waals surface area contributed by atoms with Gasteiger partial charge in [0.05, 0.1) is 17.8 Å². The topological polar surface area (TPSA) is 72.7 Å². The maximum atomic E-state index is 12.3. The van der Waals surface area contributed by atoms with Crippen LogP contribution < -0.4 is 5.32 Å². The van der Waals surface area contributed by atoms with Crippen LogP contribution in [-0.4, -0.2) is 31.4 Å². The van der Waals surface area contributed by atoms with Crippen molar-refractivity contribution in [2.45, 2.75) is 31.2 Å². The fourth-order valence-electron chi connectivity index (χ4n) is 3.24. The third-order valence-corrected chi connectivity index (χ3v) is 5.93. The van der Waals surface area contributed by atoms with Gasteiger partial charge in [-0.05, 0) is 54.8 Å². The Morgan fingerprint density at radius 2 is 1.81 bits per heavy atom. The number of nitrogens with one attached hydrogen (secondary N) is 1. The van der Waals surface area contributed by atoms with E-state index < -0.39 is 0 Å². The molecule has 0 radical (unpaired) electrons. The molecule has 0 atom stereocenters. The minimum Gasteiger partial charge on any atom is -0.325 e. The minimum atomic E-state index is -0.0581. The molecule has 0 bridgehead atoms. The van der Waals surface area contributed by atoms with E-state index in [1.807, 2.05) is 59.3 Å². The SMILES string of the molecule is CCCCc1ccc(NC(=O)CSc2ccc(-c3ccc(-n4ccnc4)cc3)nn2)cc1. The lowest BCUT2D eigenvalue weighted by Crippen LogP contribution is -2.14. The summed E-state index contributed by atoms with van der Waals surface area (Å²) in [7, 11) is 0. The molecule has 0 saturated heterocycles. The number of aromatic nitrogens is 4. The number of imidazole rings is 1. The van der Waals surface area contributed by atoms with Crippen LogP contribution in [0.15, 0.2) is 84.4 Å². The highest BCUT2D eigenvalue weighted by Gasteiger charge is 2.07. The zero-order chi connectivity index (χ0) is 22.2. The second-order valence-corrected chi connectivity index (χ2v) is 8.41. The van der Waals surface area contributed by atoms with E-state index in [1.165, 1.54) is 30.2 Å². The van der Waals surface area contributed by atoms with Gasteiger partial charge in [0.25, 0.3) is 0 Å². The van der Waals surface area contributed by atoms with Crippen molar-refractivity contribution >= 4 is 23.4 Å². The van der Waals surface area contributed by atoms with E-state index in [-0.39, 0.29) is 11.7 Å². The first-order valence-electron chi connectivity index (χ1n) is 10.7. The van der Waals surface area contributed by atoms with Crippen LogP contribution in [0.3, 0.4) is 0 Å². The van der Waals surface area contributed by atoms with E-state index in [9.17, 15) is 4.79 Å². The summed E-state index contributed by atoms with van der Waals surface area (Å²) in [5.74, 6) is 0.225. The highest BCUT2D eigenvalue weighted by Crippen LogP contribution is 2.21. The average molecular weight is 444 g/mol. The van der Waals surface area contributed by atoms with Crippen LogP contribution in [0, 0.1) is 0 Å². The van der Waals surface area contributed by atoms with Gasteiger partial charge in [-0.25, -0.2) is 4.98 Å². The molecule has 4 rings (SSSR count). The summed E-state index contributed by atoms with van der Waals surface area (Å²) in [4.78, 5) is 16.3. The minimum absolute atomic E-state index is 0.0581. The Morgan fingerprint density at radius 1 is 1.00 bits per heavy atom. The number of amides is 1. The van der Waals surface area contributed by atoms with Gasteiger partial charge in [0.1, 0.15) is 5.03 Å². The Bertz CT molecular complexity index is 1120. The summed E-state index contributed by atoms with van der Waals surface area (Å²) in [6, 6.07) is 19.9. The molecular formula is C25H25N5OS. The van der Waals surface area contributed by atoms with E-state index in [0.717, 1.165) is 29.1 Å². The van der Waals surface area contributed by atoms with Crippen LogP contribution in [-0.2, 0) is 11.2 Å². The molecule has 2 aromatic heterocycles. The second-order valence-electron chi connectivity index (χ2n) is 7.41. The molecule has 4 aromatic rings. The van der Waals surface area contributed by atoms with Crippen LogP contribution in [0.4, 0.5) is 5.69 Å². The molecular weight excluding hydrogens is 418 g/mol. The standard InChI is InChI=1S/C25H25N5OS/c1-2-3-4-19-5-9-21(10-6-19)27-24(31)17-32-25-14-13-23(28-29-25)20-7-11-22(12-8-20)30-16-15-26-18-30/h5-16,18H,2-4,17H2,1H3,(H,27,31). The van der Waals surface area contributed by atoms with Gasteiger partial charge < -0.3 is 9.88 Å². The first kappa shape index (κ1) is 21.8. The fourth-order valence-corrected chi connectivity index (χ4v) is 3.85. The maximum Gasteiger partial charge on any atom is 0.234 e. The van der Waals surface area contributed by atoms with Crippen molar-refractivity contribution in [2.24, 2.45) is 0 Å². The molecule has 2 aromatic carbocycles. The summed E-state index contributed by atoms with van der Waals surface area (Å²) in [5, 5.41) is 12.2. The Labute approximate surface area is 192 Å². The van der Waals surface area contributed by atoms with E-state index in [0.29, 0.717) is 5.03 Å². The molecule has 162 valence electrons. The summed E-state index contributed by atoms with van der Waals surface area (Å²) in [5.41, 5.74) is 4.92. The van der Waals surface area contributed by atoms with Crippen molar-refractivity contribution in [1.82, 2.24) is 19.7 Å².